The van der Waals surface area contributed by atoms with Gasteiger partial charge in [0.15, 0.2) is 15.5 Å². The minimum atomic E-state index is -5.00. The first-order valence-electron chi connectivity index (χ1n) is 9.71. The number of hydrogen-bond acceptors (Lipinski definition) is 8. The fourth-order valence-corrected chi connectivity index (χ4v) is 4.61. The summed E-state index contributed by atoms with van der Waals surface area (Å²) < 4.78 is 68.1. The summed E-state index contributed by atoms with van der Waals surface area (Å²) in [6.07, 6.45) is -3.93. The minimum Gasteiger partial charge on any atom is -0.463 e. The van der Waals surface area contributed by atoms with Crippen molar-refractivity contribution in [3.63, 3.8) is 0 Å². The molecule has 0 atom stereocenters. The summed E-state index contributed by atoms with van der Waals surface area (Å²) in [5, 5.41) is 9.05. The van der Waals surface area contributed by atoms with Gasteiger partial charge < -0.3 is 15.0 Å². The summed E-state index contributed by atoms with van der Waals surface area (Å²) in [4.78, 5) is 14.7. The van der Waals surface area contributed by atoms with Gasteiger partial charge in [0.1, 0.15) is 13.2 Å². The van der Waals surface area contributed by atoms with Gasteiger partial charge in [0.25, 0.3) is 0 Å². The monoisotopic (exact) mass is 537 g/mol. The zero-order chi connectivity index (χ0) is 25.7. The summed E-state index contributed by atoms with van der Waals surface area (Å²) >= 11 is 6.95. The van der Waals surface area contributed by atoms with Crippen LogP contribution in [-0.4, -0.2) is 71.2 Å². The Bertz CT molecular complexity index is 1190. The van der Waals surface area contributed by atoms with E-state index in [1.54, 1.807) is 37.2 Å². The lowest BCUT2D eigenvalue weighted by Crippen LogP contribution is -2.29. The molecule has 0 aliphatic heterocycles. The Morgan fingerprint density at radius 2 is 1.91 bits per heavy atom. The number of esters is 1. The molecular weight excluding hydrogens is 515 g/mol. The predicted molar refractivity (Wildman–Crippen MR) is 127 cm³/mol. The number of ether oxygens (including phenoxy) is 1. The molecular formula is C21H23ClF3N3O4S2. The first-order chi connectivity index (χ1) is 15.7. The number of hydrogen-bond donors (Lipinski definition) is 2. The molecule has 0 saturated heterocycles. The third-order valence-electron chi connectivity index (χ3n) is 4.33. The van der Waals surface area contributed by atoms with Crippen molar-refractivity contribution in [1.82, 2.24) is 10.2 Å². The zero-order valence-corrected chi connectivity index (χ0v) is 20.9. The van der Waals surface area contributed by atoms with E-state index in [-0.39, 0.29) is 22.1 Å². The van der Waals surface area contributed by atoms with Gasteiger partial charge in [-0.05, 0) is 43.9 Å². The van der Waals surface area contributed by atoms with Crippen molar-refractivity contribution in [2.24, 2.45) is 0 Å². The molecule has 0 aliphatic rings. The number of allylic oxidation sites excluding steroid dienone is 1. The van der Waals surface area contributed by atoms with Crippen molar-refractivity contribution in [3.05, 3.63) is 46.3 Å². The van der Waals surface area contributed by atoms with Crippen LogP contribution in [0.25, 0.3) is 16.1 Å². The number of nitrogens with one attached hydrogen (secondary N) is 2. The van der Waals surface area contributed by atoms with E-state index in [0.29, 0.717) is 17.0 Å². The summed E-state index contributed by atoms with van der Waals surface area (Å²) in [5.74, 6) is -0.708. The van der Waals surface area contributed by atoms with Gasteiger partial charge in [-0.1, -0.05) is 23.7 Å². The molecule has 0 spiro atoms. The highest BCUT2D eigenvalue weighted by Crippen LogP contribution is 2.35. The van der Waals surface area contributed by atoms with Crippen molar-refractivity contribution in [2.75, 3.05) is 40.0 Å². The van der Waals surface area contributed by atoms with Gasteiger partial charge in [0.05, 0.1) is 20.5 Å². The molecule has 1 aromatic carbocycles. The molecule has 0 unspecified atom stereocenters. The van der Waals surface area contributed by atoms with Gasteiger partial charge in [-0.2, -0.15) is 13.2 Å². The molecule has 1 heterocycles. The normalized spacial score (nSPS) is 12.9. The third-order valence-corrected chi connectivity index (χ3v) is 6.97. The number of halogens is 4. The van der Waals surface area contributed by atoms with Crippen LogP contribution in [0.5, 0.6) is 0 Å². The zero-order valence-electron chi connectivity index (χ0n) is 18.5. The number of carbonyl (C=O) groups is 1. The van der Waals surface area contributed by atoms with E-state index in [1.165, 1.54) is 18.2 Å². The maximum atomic E-state index is 13.1. The minimum absolute atomic E-state index is 0.0891. The van der Waals surface area contributed by atoms with E-state index in [4.69, 9.17) is 21.7 Å². The first kappa shape index (κ1) is 27.8. The molecule has 0 amide bonds. The number of benzene rings is 1. The molecule has 186 valence electrons. The standard InChI is InChI=1S/C21H23ClF3N3O4S2/c1-28(2)9-10-32-17(29)12-27-19(18(22)20(26)21(23,24)25)16-8-7-15(33-16)13-5-4-6-14(11-13)34(3,30)31/h4-8,11,26-27H,9-10,12H2,1-3H3/b19-18+,26-20?. The van der Waals surface area contributed by atoms with Gasteiger partial charge in [-0.25, -0.2) is 8.42 Å². The molecule has 0 aliphatic carbocycles. The summed E-state index contributed by atoms with van der Waals surface area (Å²) in [6.45, 7) is 0.0914. The molecule has 2 rings (SSSR count). The van der Waals surface area contributed by atoms with E-state index in [2.05, 4.69) is 5.32 Å². The Hall–Kier alpha value is -2.41. The lowest BCUT2D eigenvalue weighted by Gasteiger charge is -2.15. The summed E-state index contributed by atoms with van der Waals surface area (Å²) in [7, 11) is 0.113. The van der Waals surface area contributed by atoms with Crippen molar-refractivity contribution in [2.45, 2.75) is 11.1 Å². The molecule has 0 saturated carbocycles. The van der Waals surface area contributed by atoms with E-state index in [9.17, 15) is 26.4 Å². The van der Waals surface area contributed by atoms with Crippen LogP contribution >= 0.6 is 22.9 Å². The van der Waals surface area contributed by atoms with Crippen molar-refractivity contribution >= 4 is 50.2 Å². The third kappa shape index (κ3) is 7.83. The topological polar surface area (TPSA) is 99.6 Å². The molecule has 2 N–H and O–H groups in total. The average molecular weight is 538 g/mol. The highest BCUT2D eigenvalue weighted by molar-refractivity contribution is 7.90. The number of likely N-dealkylation sites (N-methyl/N-ethyl adjacent to an activating group) is 1. The molecule has 1 aromatic heterocycles. The number of alkyl halides is 3. The van der Waals surface area contributed by atoms with Crippen LogP contribution in [0, 0.1) is 5.41 Å². The summed E-state index contributed by atoms with van der Waals surface area (Å²) in [5.41, 5.74) is -1.50. The Morgan fingerprint density at radius 1 is 1.24 bits per heavy atom. The molecule has 13 heteroatoms. The second-order valence-electron chi connectivity index (χ2n) is 7.40. The number of sulfone groups is 1. The Labute approximate surface area is 204 Å². The number of nitrogens with zero attached hydrogens (tertiary/aromatic N) is 1. The molecule has 0 radical (unpaired) electrons. The summed E-state index contributed by atoms with van der Waals surface area (Å²) in [6, 6.07) is 9.14. The van der Waals surface area contributed by atoms with Gasteiger partial charge in [-0.15, -0.1) is 11.3 Å². The lowest BCUT2D eigenvalue weighted by atomic mass is 10.2. The van der Waals surface area contributed by atoms with Crippen molar-refractivity contribution in [1.29, 1.82) is 5.41 Å². The van der Waals surface area contributed by atoms with E-state index in [0.717, 1.165) is 17.6 Å². The molecule has 2 aromatic rings. The van der Waals surface area contributed by atoms with E-state index in [1.807, 2.05) is 0 Å². The van der Waals surface area contributed by atoms with Gasteiger partial charge >= 0.3 is 12.1 Å². The maximum Gasteiger partial charge on any atom is 0.434 e. The van der Waals surface area contributed by atoms with E-state index < -0.39 is 39.3 Å². The van der Waals surface area contributed by atoms with Crippen LogP contribution in [0.1, 0.15) is 4.88 Å². The van der Waals surface area contributed by atoms with Crippen LogP contribution in [0.4, 0.5) is 13.2 Å². The lowest BCUT2D eigenvalue weighted by molar-refractivity contribution is -0.142. The first-order valence-corrected chi connectivity index (χ1v) is 12.8. The molecule has 7 nitrogen and oxygen atoms in total. The SMILES string of the molecule is CN(C)CCOC(=O)CN/C(=C(/Cl)C(=N)C(F)(F)F)c1ccc(-c2cccc(S(C)(=O)=O)c2)s1. The van der Waals surface area contributed by atoms with Crippen LogP contribution < -0.4 is 5.32 Å². The fourth-order valence-electron chi connectivity index (χ4n) is 2.58. The van der Waals surface area contributed by atoms with Crippen molar-refractivity contribution < 1.29 is 31.1 Å². The molecule has 34 heavy (non-hydrogen) atoms. The highest BCUT2D eigenvalue weighted by Gasteiger charge is 2.38. The number of carbonyl (C=O) groups excluding carboxylic acids is 1. The van der Waals surface area contributed by atoms with Gasteiger partial charge in [0.2, 0.25) is 0 Å². The average Bonchev–Trinajstić information content (AvgIpc) is 3.21. The Morgan fingerprint density at radius 3 is 2.50 bits per heavy atom. The predicted octanol–water partition coefficient (Wildman–Crippen LogP) is 4.00. The fraction of sp³-hybridized carbons (Fsp3) is 0.333. The maximum absolute atomic E-state index is 13.1. The van der Waals surface area contributed by atoms with Crippen molar-refractivity contribution in [3.8, 4) is 10.4 Å². The highest BCUT2D eigenvalue weighted by atomic mass is 35.5. The second kappa shape index (κ2) is 11.3. The van der Waals surface area contributed by atoms with Crippen LogP contribution in [0.2, 0.25) is 0 Å². The van der Waals surface area contributed by atoms with Crippen LogP contribution in [0.3, 0.4) is 0 Å². The Kier molecular flexibility index (Phi) is 9.29. The number of thiophene rings is 1. The van der Waals surface area contributed by atoms with Gasteiger partial charge in [-0.3, -0.25) is 10.2 Å². The largest absolute Gasteiger partial charge is 0.463 e. The number of rotatable bonds is 10. The quantitative estimate of drug-likeness (QED) is 0.351. The second-order valence-corrected chi connectivity index (χ2v) is 10.9. The van der Waals surface area contributed by atoms with E-state index >= 15 is 0 Å². The Balaban J connectivity index is 2.37. The molecule has 0 fully saturated rings. The van der Waals surface area contributed by atoms with Crippen LogP contribution in [0.15, 0.2) is 46.3 Å². The van der Waals surface area contributed by atoms with Crippen LogP contribution in [-0.2, 0) is 19.4 Å². The smallest absolute Gasteiger partial charge is 0.434 e. The van der Waals surface area contributed by atoms with Gasteiger partial charge in [0, 0.05) is 17.7 Å². The molecule has 0 bridgehead atoms.